The van der Waals surface area contributed by atoms with E-state index in [-0.39, 0.29) is 11.8 Å². The van der Waals surface area contributed by atoms with Crippen molar-refractivity contribution >= 4 is 27.0 Å². The molecule has 1 aromatic heterocycles. The van der Waals surface area contributed by atoms with Gasteiger partial charge in [0.15, 0.2) is 0 Å². The average molecular weight is 332 g/mol. The van der Waals surface area contributed by atoms with Crippen molar-refractivity contribution in [3.63, 3.8) is 0 Å². The molecule has 20 heavy (non-hydrogen) atoms. The second-order valence-electron chi connectivity index (χ2n) is 4.76. The van der Waals surface area contributed by atoms with Crippen LogP contribution in [0.25, 0.3) is 11.0 Å². The van der Waals surface area contributed by atoms with Gasteiger partial charge < -0.3 is 15.8 Å². The molecular formula is C15H14BrN3O. The molecule has 0 aliphatic heterocycles. The third kappa shape index (κ3) is 2.69. The number of aromatic nitrogens is 2. The van der Waals surface area contributed by atoms with Gasteiger partial charge in [-0.25, -0.2) is 4.98 Å². The number of phenolic OH excluding ortho intramolecular Hbond substituents is 1. The van der Waals surface area contributed by atoms with Crippen LogP contribution in [0, 0.1) is 0 Å². The van der Waals surface area contributed by atoms with Crippen LogP contribution in [0.4, 0.5) is 0 Å². The summed E-state index contributed by atoms with van der Waals surface area (Å²) in [4.78, 5) is 7.77. The zero-order valence-corrected chi connectivity index (χ0v) is 12.3. The molecule has 0 aliphatic carbocycles. The van der Waals surface area contributed by atoms with E-state index in [1.54, 1.807) is 12.1 Å². The first-order chi connectivity index (χ1) is 9.61. The van der Waals surface area contributed by atoms with E-state index in [0.717, 1.165) is 26.9 Å². The number of hydrogen-bond donors (Lipinski definition) is 3. The Morgan fingerprint density at radius 2 is 1.95 bits per heavy atom. The molecule has 0 fully saturated rings. The van der Waals surface area contributed by atoms with Crippen molar-refractivity contribution in [1.82, 2.24) is 9.97 Å². The van der Waals surface area contributed by atoms with Gasteiger partial charge in [-0.3, -0.25) is 0 Å². The monoisotopic (exact) mass is 331 g/mol. The molecular weight excluding hydrogens is 318 g/mol. The van der Waals surface area contributed by atoms with Crippen molar-refractivity contribution in [2.24, 2.45) is 5.73 Å². The van der Waals surface area contributed by atoms with Gasteiger partial charge >= 0.3 is 0 Å². The molecule has 3 aromatic rings. The van der Waals surface area contributed by atoms with Gasteiger partial charge in [-0.2, -0.15) is 0 Å². The van der Waals surface area contributed by atoms with E-state index in [9.17, 15) is 5.11 Å². The number of nitrogens with two attached hydrogens (primary N) is 1. The summed E-state index contributed by atoms with van der Waals surface area (Å²) < 4.78 is 1.01. The van der Waals surface area contributed by atoms with Gasteiger partial charge in [0.2, 0.25) is 0 Å². The molecule has 0 radical (unpaired) electrons. The molecule has 0 aliphatic rings. The highest BCUT2D eigenvalue weighted by Crippen LogP contribution is 2.21. The van der Waals surface area contributed by atoms with Gasteiger partial charge in [-0.15, -0.1) is 0 Å². The van der Waals surface area contributed by atoms with Gasteiger partial charge in [0.25, 0.3) is 0 Å². The Bertz CT molecular complexity index is 736. The lowest BCUT2D eigenvalue weighted by Crippen LogP contribution is -2.14. The third-order valence-electron chi connectivity index (χ3n) is 3.21. The summed E-state index contributed by atoms with van der Waals surface area (Å²) in [5.74, 6) is 1.03. The van der Waals surface area contributed by atoms with Gasteiger partial charge in [0.05, 0.1) is 17.1 Å². The lowest BCUT2D eigenvalue weighted by Gasteiger charge is -2.08. The molecule has 4 nitrogen and oxygen atoms in total. The zero-order valence-electron chi connectivity index (χ0n) is 10.7. The van der Waals surface area contributed by atoms with Crippen LogP contribution in [0.5, 0.6) is 5.75 Å². The van der Waals surface area contributed by atoms with Gasteiger partial charge in [0, 0.05) is 4.47 Å². The van der Waals surface area contributed by atoms with Crippen molar-refractivity contribution in [1.29, 1.82) is 0 Å². The van der Waals surface area contributed by atoms with E-state index in [2.05, 4.69) is 25.9 Å². The molecule has 4 N–H and O–H groups in total. The number of imidazole rings is 1. The largest absolute Gasteiger partial charge is 0.508 e. The summed E-state index contributed by atoms with van der Waals surface area (Å²) in [6, 6.07) is 12.8. The molecule has 3 rings (SSSR count). The van der Waals surface area contributed by atoms with Crippen LogP contribution < -0.4 is 5.73 Å². The first-order valence-corrected chi connectivity index (χ1v) is 7.10. The molecule has 1 atom stereocenters. The number of halogens is 1. The molecule has 0 bridgehead atoms. The second kappa shape index (κ2) is 5.26. The summed E-state index contributed by atoms with van der Waals surface area (Å²) in [7, 11) is 0. The predicted molar refractivity (Wildman–Crippen MR) is 82.5 cm³/mol. The SMILES string of the molecule is NC(Cc1ccc(O)cc1)c1nc2ccc(Br)cc2[nH]1. The molecule has 0 spiro atoms. The fourth-order valence-electron chi connectivity index (χ4n) is 2.16. The standard InChI is InChI=1S/C15H14BrN3O/c16-10-3-6-13-14(8-10)19-15(18-13)12(17)7-9-1-4-11(20)5-2-9/h1-6,8,12,20H,7,17H2,(H,18,19). The minimum absolute atomic E-state index is 0.203. The van der Waals surface area contributed by atoms with Crippen LogP contribution in [-0.2, 0) is 6.42 Å². The third-order valence-corrected chi connectivity index (χ3v) is 3.70. The molecule has 0 saturated carbocycles. The first kappa shape index (κ1) is 13.1. The summed E-state index contributed by atoms with van der Waals surface area (Å²) >= 11 is 3.44. The molecule has 2 aromatic carbocycles. The summed E-state index contributed by atoms with van der Waals surface area (Å²) in [6.45, 7) is 0. The maximum absolute atomic E-state index is 9.27. The minimum atomic E-state index is -0.203. The Balaban J connectivity index is 1.84. The Labute approximate surface area is 124 Å². The Morgan fingerprint density at radius 1 is 1.20 bits per heavy atom. The lowest BCUT2D eigenvalue weighted by atomic mass is 10.1. The molecule has 102 valence electrons. The van der Waals surface area contributed by atoms with Crippen LogP contribution in [0.1, 0.15) is 17.4 Å². The molecule has 1 heterocycles. The topological polar surface area (TPSA) is 74.9 Å². The van der Waals surface area contributed by atoms with Crippen molar-refractivity contribution in [3.8, 4) is 5.75 Å². The van der Waals surface area contributed by atoms with Gasteiger partial charge in [-0.1, -0.05) is 28.1 Å². The smallest absolute Gasteiger partial charge is 0.124 e. The average Bonchev–Trinajstić information content (AvgIpc) is 2.84. The summed E-state index contributed by atoms with van der Waals surface area (Å²) in [5.41, 5.74) is 9.14. The highest BCUT2D eigenvalue weighted by molar-refractivity contribution is 9.10. The number of hydrogen-bond acceptors (Lipinski definition) is 3. The van der Waals surface area contributed by atoms with E-state index in [0.29, 0.717) is 6.42 Å². The van der Waals surface area contributed by atoms with Crippen LogP contribution >= 0.6 is 15.9 Å². The number of fused-ring (bicyclic) bond motifs is 1. The maximum atomic E-state index is 9.27. The summed E-state index contributed by atoms with van der Waals surface area (Å²) in [6.07, 6.45) is 0.668. The molecule has 1 unspecified atom stereocenters. The van der Waals surface area contributed by atoms with Crippen molar-refractivity contribution < 1.29 is 5.11 Å². The Kier molecular flexibility index (Phi) is 3.46. The number of nitrogens with zero attached hydrogens (tertiary/aromatic N) is 1. The first-order valence-electron chi connectivity index (χ1n) is 6.30. The quantitative estimate of drug-likeness (QED) is 0.689. The second-order valence-corrected chi connectivity index (χ2v) is 5.68. The van der Waals surface area contributed by atoms with Crippen LogP contribution in [0.15, 0.2) is 46.9 Å². The van der Waals surface area contributed by atoms with Crippen molar-refractivity contribution in [2.75, 3.05) is 0 Å². The maximum Gasteiger partial charge on any atom is 0.124 e. The van der Waals surface area contributed by atoms with E-state index in [1.165, 1.54) is 0 Å². The minimum Gasteiger partial charge on any atom is -0.508 e. The number of aromatic hydroxyl groups is 1. The van der Waals surface area contributed by atoms with E-state index in [1.807, 2.05) is 30.3 Å². The molecule has 5 heteroatoms. The number of nitrogens with one attached hydrogen (secondary N) is 1. The fraction of sp³-hybridized carbons (Fsp3) is 0.133. The number of rotatable bonds is 3. The Hall–Kier alpha value is -1.85. The number of phenols is 1. The van der Waals surface area contributed by atoms with Crippen LogP contribution in [0.2, 0.25) is 0 Å². The normalized spacial score (nSPS) is 12.7. The van der Waals surface area contributed by atoms with Crippen LogP contribution in [-0.4, -0.2) is 15.1 Å². The van der Waals surface area contributed by atoms with Gasteiger partial charge in [-0.05, 0) is 42.3 Å². The van der Waals surface area contributed by atoms with E-state index >= 15 is 0 Å². The number of benzene rings is 2. The predicted octanol–water partition coefficient (Wildman–Crippen LogP) is 3.27. The van der Waals surface area contributed by atoms with E-state index in [4.69, 9.17) is 5.73 Å². The highest BCUT2D eigenvalue weighted by Gasteiger charge is 2.12. The van der Waals surface area contributed by atoms with Crippen molar-refractivity contribution in [2.45, 2.75) is 12.5 Å². The molecule has 0 saturated heterocycles. The number of H-pyrrole nitrogens is 1. The highest BCUT2D eigenvalue weighted by atomic mass is 79.9. The lowest BCUT2D eigenvalue weighted by molar-refractivity contribution is 0.475. The fourth-order valence-corrected chi connectivity index (χ4v) is 2.52. The number of aromatic amines is 1. The van der Waals surface area contributed by atoms with E-state index < -0.39 is 0 Å². The van der Waals surface area contributed by atoms with Gasteiger partial charge in [0.1, 0.15) is 11.6 Å². The van der Waals surface area contributed by atoms with Crippen LogP contribution in [0.3, 0.4) is 0 Å². The zero-order chi connectivity index (χ0) is 14.1. The molecule has 0 amide bonds. The summed E-state index contributed by atoms with van der Waals surface area (Å²) in [5, 5.41) is 9.27. The Morgan fingerprint density at radius 3 is 2.70 bits per heavy atom. The van der Waals surface area contributed by atoms with Crippen molar-refractivity contribution in [3.05, 3.63) is 58.3 Å².